The fraction of sp³-hybridized carbons (Fsp3) is 0.455. The zero-order valence-electron chi connectivity index (χ0n) is 8.60. The summed E-state index contributed by atoms with van der Waals surface area (Å²) in [7, 11) is 3.30. The van der Waals surface area contributed by atoms with Gasteiger partial charge in [0, 0.05) is 14.2 Å². The van der Waals surface area contributed by atoms with Crippen LogP contribution < -0.4 is 4.74 Å². The van der Waals surface area contributed by atoms with Crippen LogP contribution in [0.15, 0.2) is 30.3 Å². The molecule has 0 saturated carbocycles. The number of hydrogen-bond acceptors (Lipinski definition) is 3. The first kappa shape index (κ1) is 11.0. The highest BCUT2D eigenvalue weighted by atomic mass is 16.5. The van der Waals surface area contributed by atoms with Crippen LogP contribution in [0.5, 0.6) is 5.75 Å². The maximum atomic E-state index is 5.51. The highest BCUT2D eigenvalue weighted by Gasteiger charge is 2.06. The van der Waals surface area contributed by atoms with Crippen LogP contribution in [-0.4, -0.2) is 33.5 Å². The Morgan fingerprint density at radius 2 is 1.79 bits per heavy atom. The Morgan fingerprint density at radius 1 is 1.07 bits per heavy atom. The molecule has 1 aromatic carbocycles. The summed E-state index contributed by atoms with van der Waals surface area (Å²) < 4.78 is 15.6. The molecule has 3 nitrogen and oxygen atoms in total. The molecule has 0 amide bonds. The van der Waals surface area contributed by atoms with Crippen LogP contribution in [0.4, 0.5) is 0 Å². The van der Waals surface area contributed by atoms with Crippen molar-refractivity contribution < 1.29 is 14.2 Å². The molecule has 1 atom stereocenters. The third-order valence-electron chi connectivity index (χ3n) is 1.86. The molecule has 0 N–H and O–H groups in total. The average Bonchev–Trinajstić information content (AvgIpc) is 2.25. The topological polar surface area (TPSA) is 27.7 Å². The summed E-state index contributed by atoms with van der Waals surface area (Å²) in [6.07, 6.45) is -0.0137. The van der Waals surface area contributed by atoms with Crippen molar-refractivity contribution in [2.45, 2.75) is 6.10 Å². The molecule has 0 aliphatic heterocycles. The summed E-state index contributed by atoms with van der Waals surface area (Å²) in [5.41, 5.74) is 0. The van der Waals surface area contributed by atoms with E-state index in [-0.39, 0.29) is 6.10 Å². The lowest BCUT2D eigenvalue weighted by atomic mass is 10.3. The molecule has 0 fully saturated rings. The van der Waals surface area contributed by atoms with Crippen LogP contribution in [0, 0.1) is 0 Å². The summed E-state index contributed by atoms with van der Waals surface area (Å²) in [5.74, 6) is 0.852. The molecule has 0 spiro atoms. The summed E-state index contributed by atoms with van der Waals surface area (Å²) >= 11 is 0. The van der Waals surface area contributed by atoms with E-state index in [4.69, 9.17) is 14.2 Å². The van der Waals surface area contributed by atoms with Crippen LogP contribution in [0.3, 0.4) is 0 Å². The SMILES string of the molecule is COCC(COc1ccccc1)OC. The molecular weight excluding hydrogens is 180 g/mol. The second-order valence-corrected chi connectivity index (χ2v) is 2.94. The van der Waals surface area contributed by atoms with Gasteiger partial charge in [-0.3, -0.25) is 0 Å². The van der Waals surface area contributed by atoms with Crippen molar-refractivity contribution in [3.63, 3.8) is 0 Å². The van der Waals surface area contributed by atoms with Gasteiger partial charge in [0.1, 0.15) is 18.5 Å². The monoisotopic (exact) mass is 196 g/mol. The van der Waals surface area contributed by atoms with Crippen LogP contribution in [0.2, 0.25) is 0 Å². The summed E-state index contributed by atoms with van der Waals surface area (Å²) in [5, 5.41) is 0. The van der Waals surface area contributed by atoms with Gasteiger partial charge in [0.2, 0.25) is 0 Å². The molecule has 14 heavy (non-hydrogen) atoms. The van der Waals surface area contributed by atoms with Crippen LogP contribution in [0.1, 0.15) is 0 Å². The third-order valence-corrected chi connectivity index (χ3v) is 1.86. The van der Waals surface area contributed by atoms with Gasteiger partial charge in [0.15, 0.2) is 0 Å². The van der Waals surface area contributed by atoms with E-state index in [0.29, 0.717) is 13.2 Å². The fourth-order valence-corrected chi connectivity index (χ4v) is 1.08. The number of ether oxygens (including phenoxy) is 3. The minimum atomic E-state index is -0.0137. The summed E-state index contributed by atoms with van der Waals surface area (Å²) in [4.78, 5) is 0. The normalized spacial score (nSPS) is 12.4. The van der Waals surface area contributed by atoms with E-state index in [1.165, 1.54) is 0 Å². The molecule has 0 saturated heterocycles. The Balaban J connectivity index is 2.32. The van der Waals surface area contributed by atoms with Gasteiger partial charge in [-0.15, -0.1) is 0 Å². The molecule has 0 aliphatic carbocycles. The lowest BCUT2D eigenvalue weighted by molar-refractivity contribution is 0.000877. The molecule has 78 valence electrons. The molecule has 0 bridgehead atoms. The average molecular weight is 196 g/mol. The number of methoxy groups -OCH3 is 2. The third kappa shape index (κ3) is 3.77. The molecule has 3 heteroatoms. The van der Waals surface area contributed by atoms with Crippen molar-refractivity contribution in [1.29, 1.82) is 0 Å². The molecular formula is C11H16O3. The first-order valence-corrected chi connectivity index (χ1v) is 4.56. The number of rotatable bonds is 6. The first-order valence-electron chi connectivity index (χ1n) is 4.56. The van der Waals surface area contributed by atoms with Gasteiger partial charge < -0.3 is 14.2 Å². The van der Waals surface area contributed by atoms with Crippen molar-refractivity contribution in [2.75, 3.05) is 27.4 Å². The van der Waals surface area contributed by atoms with Crippen molar-refractivity contribution in [3.05, 3.63) is 30.3 Å². The van der Waals surface area contributed by atoms with Crippen LogP contribution in [0.25, 0.3) is 0 Å². The van der Waals surface area contributed by atoms with Gasteiger partial charge >= 0.3 is 0 Å². The van der Waals surface area contributed by atoms with Crippen LogP contribution in [-0.2, 0) is 9.47 Å². The molecule has 1 unspecified atom stereocenters. The minimum absolute atomic E-state index is 0.0137. The van der Waals surface area contributed by atoms with Gasteiger partial charge in [0.25, 0.3) is 0 Å². The maximum Gasteiger partial charge on any atom is 0.119 e. The Morgan fingerprint density at radius 3 is 2.36 bits per heavy atom. The van der Waals surface area contributed by atoms with E-state index < -0.39 is 0 Å². The van der Waals surface area contributed by atoms with Crippen molar-refractivity contribution >= 4 is 0 Å². The molecule has 0 radical (unpaired) electrons. The highest BCUT2D eigenvalue weighted by Crippen LogP contribution is 2.08. The predicted octanol–water partition coefficient (Wildman–Crippen LogP) is 1.73. The number of para-hydroxylation sites is 1. The van der Waals surface area contributed by atoms with Crippen molar-refractivity contribution in [1.82, 2.24) is 0 Å². The largest absolute Gasteiger partial charge is 0.491 e. The number of hydrogen-bond donors (Lipinski definition) is 0. The summed E-state index contributed by atoms with van der Waals surface area (Å²) in [6, 6.07) is 9.66. The fourth-order valence-electron chi connectivity index (χ4n) is 1.08. The Kier molecular flexibility index (Phi) is 5.04. The van der Waals surface area contributed by atoms with Crippen LogP contribution >= 0.6 is 0 Å². The standard InChI is InChI=1S/C11H16O3/c1-12-8-11(13-2)9-14-10-6-4-3-5-7-10/h3-7,11H,8-9H2,1-2H3. The second kappa shape index (κ2) is 6.40. The molecule has 0 heterocycles. The van der Waals surface area contributed by atoms with E-state index in [1.54, 1.807) is 14.2 Å². The van der Waals surface area contributed by atoms with E-state index >= 15 is 0 Å². The quantitative estimate of drug-likeness (QED) is 0.693. The van der Waals surface area contributed by atoms with Crippen molar-refractivity contribution in [2.24, 2.45) is 0 Å². The second-order valence-electron chi connectivity index (χ2n) is 2.94. The first-order chi connectivity index (χ1) is 6.86. The zero-order chi connectivity index (χ0) is 10.2. The maximum absolute atomic E-state index is 5.51. The Hall–Kier alpha value is -1.06. The smallest absolute Gasteiger partial charge is 0.119 e. The molecule has 0 aromatic heterocycles. The van der Waals surface area contributed by atoms with Gasteiger partial charge in [0.05, 0.1) is 6.61 Å². The zero-order valence-corrected chi connectivity index (χ0v) is 8.60. The molecule has 0 aliphatic rings. The lowest BCUT2D eigenvalue weighted by Crippen LogP contribution is -2.25. The predicted molar refractivity (Wildman–Crippen MR) is 54.6 cm³/mol. The molecule has 1 rings (SSSR count). The van der Waals surface area contributed by atoms with E-state index in [2.05, 4.69) is 0 Å². The summed E-state index contributed by atoms with van der Waals surface area (Å²) in [6.45, 7) is 1.05. The van der Waals surface area contributed by atoms with Gasteiger partial charge in [-0.1, -0.05) is 18.2 Å². The van der Waals surface area contributed by atoms with E-state index in [9.17, 15) is 0 Å². The highest BCUT2D eigenvalue weighted by molar-refractivity contribution is 5.20. The number of benzene rings is 1. The lowest BCUT2D eigenvalue weighted by Gasteiger charge is -2.14. The van der Waals surface area contributed by atoms with Gasteiger partial charge in [-0.05, 0) is 12.1 Å². The minimum Gasteiger partial charge on any atom is -0.491 e. The van der Waals surface area contributed by atoms with Crippen molar-refractivity contribution in [3.8, 4) is 5.75 Å². The van der Waals surface area contributed by atoms with E-state index in [1.807, 2.05) is 30.3 Å². The van der Waals surface area contributed by atoms with Gasteiger partial charge in [-0.25, -0.2) is 0 Å². The van der Waals surface area contributed by atoms with Gasteiger partial charge in [-0.2, -0.15) is 0 Å². The molecule has 1 aromatic rings. The Bertz CT molecular complexity index is 236. The Labute approximate surface area is 84.6 Å². The van der Waals surface area contributed by atoms with E-state index in [0.717, 1.165) is 5.75 Å².